The van der Waals surface area contributed by atoms with Crippen LogP contribution in [0.3, 0.4) is 0 Å². The number of unbranched alkanes of at least 4 members (excludes halogenated alkanes) is 2. The summed E-state index contributed by atoms with van der Waals surface area (Å²) in [5, 5.41) is 5.77. The van der Waals surface area contributed by atoms with Crippen LogP contribution in [-0.2, 0) is 9.53 Å². The van der Waals surface area contributed by atoms with Crippen LogP contribution in [0.15, 0.2) is 17.5 Å². The molecule has 0 aliphatic carbocycles. The number of nitrogens with one attached hydrogen (secondary N) is 1. The molecule has 114 valence electrons. The van der Waals surface area contributed by atoms with Crippen molar-refractivity contribution >= 4 is 17.3 Å². The van der Waals surface area contributed by atoms with Crippen molar-refractivity contribution < 1.29 is 9.53 Å². The lowest BCUT2D eigenvalue weighted by Gasteiger charge is -2.16. The number of rotatable bonds is 11. The van der Waals surface area contributed by atoms with Gasteiger partial charge in [-0.1, -0.05) is 25.8 Å². The second-order valence-corrected chi connectivity index (χ2v) is 5.91. The molecule has 0 amide bonds. The Morgan fingerprint density at radius 1 is 1.35 bits per heavy atom. The highest BCUT2D eigenvalue weighted by Crippen LogP contribution is 2.23. The van der Waals surface area contributed by atoms with Gasteiger partial charge in [0.05, 0.1) is 6.61 Å². The SMILES string of the molecule is CCCC(NCCCCCC(=O)OCC)c1cccs1. The molecule has 0 spiro atoms. The molecule has 0 radical (unpaired) electrons. The molecule has 1 atom stereocenters. The molecular formula is C16H27NO2S. The molecule has 0 saturated heterocycles. The summed E-state index contributed by atoms with van der Waals surface area (Å²) in [5.74, 6) is -0.0668. The van der Waals surface area contributed by atoms with E-state index in [9.17, 15) is 4.79 Å². The molecule has 1 heterocycles. The van der Waals surface area contributed by atoms with Crippen LogP contribution in [0, 0.1) is 0 Å². The topological polar surface area (TPSA) is 38.3 Å². The summed E-state index contributed by atoms with van der Waals surface area (Å²) < 4.78 is 4.91. The predicted octanol–water partition coefficient (Wildman–Crippen LogP) is 4.30. The van der Waals surface area contributed by atoms with Crippen LogP contribution < -0.4 is 5.32 Å². The highest BCUT2D eigenvalue weighted by molar-refractivity contribution is 7.10. The van der Waals surface area contributed by atoms with Crippen molar-refractivity contribution in [3.63, 3.8) is 0 Å². The molecule has 1 N–H and O–H groups in total. The summed E-state index contributed by atoms with van der Waals surface area (Å²) in [5.41, 5.74) is 0. The quantitative estimate of drug-likeness (QED) is 0.489. The number of esters is 1. The zero-order valence-corrected chi connectivity index (χ0v) is 13.5. The molecular weight excluding hydrogens is 270 g/mol. The number of thiophene rings is 1. The highest BCUT2D eigenvalue weighted by Gasteiger charge is 2.10. The van der Waals surface area contributed by atoms with Crippen molar-refractivity contribution in [1.29, 1.82) is 0 Å². The van der Waals surface area contributed by atoms with Crippen molar-refractivity contribution in [3.05, 3.63) is 22.4 Å². The molecule has 20 heavy (non-hydrogen) atoms. The maximum atomic E-state index is 11.2. The van der Waals surface area contributed by atoms with Crippen molar-refractivity contribution in [3.8, 4) is 0 Å². The van der Waals surface area contributed by atoms with Gasteiger partial charge in [-0.2, -0.15) is 0 Å². The maximum absolute atomic E-state index is 11.2. The standard InChI is InChI=1S/C16H27NO2S/c1-3-9-14(15-10-8-13-20-15)17-12-7-5-6-11-16(18)19-4-2/h8,10,13-14,17H,3-7,9,11-12H2,1-2H3. The van der Waals surface area contributed by atoms with Gasteiger partial charge >= 0.3 is 5.97 Å². The van der Waals surface area contributed by atoms with E-state index in [0.717, 1.165) is 25.8 Å². The summed E-state index contributed by atoms with van der Waals surface area (Å²) in [6.45, 7) is 5.58. The molecule has 3 nitrogen and oxygen atoms in total. The van der Waals surface area contributed by atoms with Crippen molar-refractivity contribution in [2.24, 2.45) is 0 Å². The Kier molecular flexibility index (Phi) is 9.33. The van der Waals surface area contributed by atoms with E-state index in [1.807, 2.05) is 18.3 Å². The minimum absolute atomic E-state index is 0.0668. The van der Waals surface area contributed by atoms with Gasteiger partial charge < -0.3 is 10.1 Å². The Balaban J connectivity index is 2.11. The first kappa shape index (κ1) is 17.2. The summed E-state index contributed by atoms with van der Waals surface area (Å²) in [4.78, 5) is 12.6. The van der Waals surface area contributed by atoms with E-state index < -0.39 is 0 Å². The molecule has 1 aromatic heterocycles. The van der Waals surface area contributed by atoms with Crippen LogP contribution in [-0.4, -0.2) is 19.1 Å². The molecule has 1 rings (SSSR count). The van der Waals surface area contributed by atoms with E-state index >= 15 is 0 Å². The van der Waals surface area contributed by atoms with Gasteiger partial charge in [0.2, 0.25) is 0 Å². The Morgan fingerprint density at radius 2 is 2.20 bits per heavy atom. The second kappa shape index (κ2) is 10.9. The first-order chi connectivity index (χ1) is 9.77. The van der Waals surface area contributed by atoms with Gasteiger partial charge in [0.25, 0.3) is 0 Å². The molecule has 0 aliphatic rings. The molecule has 1 unspecified atom stereocenters. The summed E-state index contributed by atoms with van der Waals surface area (Å²) in [7, 11) is 0. The summed E-state index contributed by atoms with van der Waals surface area (Å²) in [6.07, 6.45) is 6.05. The minimum atomic E-state index is -0.0668. The van der Waals surface area contributed by atoms with Crippen molar-refractivity contribution in [1.82, 2.24) is 5.32 Å². The van der Waals surface area contributed by atoms with Crippen LogP contribution in [0.1, 0.15) is 63.3 Å². The van der Waals surface area contributed by atoms with Crippen LogP contribution in [0.2, 0.25) is 0 Å². The van der Waals surface area contributed by atoms with Crippen LogP contribution in [0.25, 0.3) is 0 Å². The normalized spacial score (nSPS) is 12.3. The van der Waals surface area contributed by atoms with Gasteiger partial charge in [-0.05, 0) is 44.2 Å². The lowest BCUT2D eigenvalue weighted by molar-refractivity contribution is -0.143. The van der Waals surface area contributed by atoms with Gasteiger partial charge in [0.15, 0.2) is 0 Å². The summed E-state index contributed by atoms with van der Waals surface area (Å²) >= 11 is 1.82. The smallest absolute Gasteiger partial charge is 0.305 e. The Morgan fingerprint density at radius 3 is 2.85 bits per heavy atom. The molecule has 0 bridgehead atoms. The van der Waals surface area contributed by atoms with Gasteiger partial charge in [-0.3, -0.25) is 4.79 Å². The third-order valence-electron chi connectivity index (χ3n) is 3.22. The Hall–Kier alpha value is -0.870. The number of hydrogen-bond acceptors (Lipinski definition) is 4. The fraction of sp³-hybridized carbons (Fsp3) is 0.688. The monoisotopic (exact) mass is 297 g/mol. The van der Waals surface area contributed by atoms with Crippen LogP contribution in [0.4, 0.5) is 0 Å². The van der Waals surface area contributed by atoms with Crippen LogP contribution >= 0.6 is 11.3 Å². The van der Waals surface area contributed by atoms with Crippen molar-refractivity contribution in [2.75, 3.05) is 13.2 Å². The van der Waals surface area contributed by atoms with Gasteiger partial charge in [-0.15, -0.1) is 11.3 Å². The second-order valence-electron chi connectivity index (χ2n) is 4.93. The molecule has 0 aliphatic heterocycles. The van der Waals surface area contributed by atoms with Gasteiger partial charge in [0, 0.05) is 17.3 Å². The zero-order chi connectivity index (χ0) is 14.6. The van der Waals surface area contributed by atoms with E-state index in [1.54, 1.807) is 0 Å². The molecule has 0 fully saturated rings. The first-order valence-electron chi connectivity index (χ1n) is 7.70. The number of hydrogen-bond donors (Lipinski definition) is 1. The third-order valence-corrected chi connectivity index (χ3v) is 4.20. The van der Waals surface area contributed by atoms with E-state index in [0.29, 0.717) is 19.1 Å². The fourth-order valence-electron chi connectivity index (χ4n) is 2.20. The summed E-state index contributed by atoms with van der Waals surface area (Å²) in [6, 6.07) is 4.81. The average Bonchev–Trinajstić information content (AvgIpc) is 2.95. The minimum Gasteiger partial charge on any atom is -0.466 e. The molecule has 4 heteroatoms. The van der Waals surface area contributed by atoms with E-state index in [4.69, 9.17) is 4.74 Å². The van der Waals surface area contributed by atoms with E-state index in [1.165, 1.54) is 17.7 Å². The number of carbonyl (C=O) groups is 1. The maximum Gasteiger partial charge on any atom is 0.305 e. The Bertz CT molecular complexity index is 351. The molecule has 0 saturated carbocycles. The Labute approximate surface area is 126 Å². The fourth-order valence-corrected chi connectivity index (χ4v) is 3.04. The molecule has 0 aromatic carbocycles. The zero-order valence-electron chi connectivity index (χ0n) is 12.7. The van der Waals surface area contributed by atoms with E-state index in [-0.39, 0.29) is 5.97 Å². The van der Waals surface area contributed by atoms with Gasteiger partial charge in [-0.25, -0.2) is 0 Å². The van der Waals surface area contributed by atoms with Crippen LogP contribution in [0.5, 0.6) is 0 Å². The van der Waals surface area contributed by atoms with E-state index in [2.05, 4.69) is 29.8 Å². The third kappa shape index (κ3) is 7.06. The molecule has 1 aromatic rings. The number of carbonyl (C=O) groups excluding carboxylic acids is 1. The van der Waals surface area contributed by atoms with Crippen molar-refractivity contribution in [2.45, 2.75) is 58.4 Å². The number of ether oxygens (including phenoxy) is 1. The highest BCUT2D eigenvalue weighted by atomic mass is 32.1. The first-order valence-corrected chi connectivity index (χ1v) is 8.58. The van der Waals surface area contributed by atoms with Gasteiger partial charge in [0.1, 0.15) is 0 Å². The lowest BCUT2D eigenvalue weighted by atomic mass is 10.1. The lowest BCUT2D eigenvalue weighted by Crippen LogP contribution is -2.21. The largest absolute Gasteiger partial charge is 0.466 e. The predicted molar refractivity (Wildman–Crippen MR) is 85.1 cm³/mol. The average molecular weight is 297 g/mol.